The maximum atomic E-state index is 12.1. The first-order chi connectivity index (χ1) is 16.3. The van der Waals surface area contributed by atoms with Crippen LogP contribution in [0.5, 0.6) is 0 Å². The van der Waals surface area contributed by atoms with Gasteiger partial charge in [0.2, 0.25) is 0 Å². The van der Waals surface area contributed by atoms with E-state index in [2.05, 4.69) is 58.5 Å². The fraction of sp³-hybridized carbons (Fsp3) is 0.444. The summed E-state index contributed by atoms with van der Waals surface area (Å²) in [4.78, 5) is 14.5. The molecule has 1 aliphatic carbocycles. The van der Waals surface area contributed by atoms with Gasteiger partial charge in [-0.2, -0.15) is 0 Å². The van der Waals surface area contributed by atoms with E-state index in [4.69, 9.17) is 15.7 Å². The molecule has 180 valence electrons. The number of hydroxylamine groups is 1. The predicted molar refractivity (Wildman–Crippen MR) is 131 cm³/mol. The van der Waals surface area contributed by atoms with Gasteiger partial charge in [0.05, 0.1) is 13.2 Å². The summed E-state index contributed by atoms with van der Waals surface area (Å²) in [7, 11) is 0. The lowest BCUT2D eigenvalue weighted by Gasteiger charge is -2.32. The Hall–Kier alpha value is -2.73. The standard InChI is InChI=1S/C27H34N4O3/c1-27(2,28)25(26(32)30-33)29-24-12-10-22-17-20(9-11-23(22)24)6-3-19-4-7-21(8-5-19)18-31-13-15-34-16-14-31/h4-5,7-9,11,17,24-25,29,33H,10,12-16,18,28H2,1-2H3,(H,30,32)/t24-,25+/m0/s1. The third-order valence-corrected chi connectivity index (χ3v) is 6.52. The zero-order chi connectivity index (χ0) is 24.1. The van der Waals surface area contributed by atoms with E-state index < -0.39 is 17.5 Å². The molecule has 34 heavy (non-hydrogen) atoms. The first kappa shape index (κ1) is 24.4. The second-order valence-corrected chi connectivity index (χ2v) is 9.74. The van der Waals surface area contributed by atoms with Crippen molar-refractivity contribution in [3.8, 4) is 11.8 Å². The van der Waals surface area contributed by atoms with Gasteiger partial charge in [0.15, 0.2) is 0 Å². The number of morpholine rings is 1. The van der Waals surface area contributed by atoms with E-state index in [-0.39, 0.29) is 6.04 Å². The minimum absolute atomic E-state index is 0.00106. The van der Waals surface area contributed by atoms with Crippen molar-refractivity contribution >= 4 is 5.91 Å². The van der Waals surface area contributed by atoms with Gasteiger partial charge in [0.1, 0.15) is 6.04 Å². The molecule has 1 saturated heterocycles. The van der Waals surface area contributed by atoms with Crippen LogP contribution in [-0.4, -0.2) is 53.9 Å². The van der Waals surface area contributed by atoms with Crippen molar-refractivity contribution in [2.75, 3.05) is 26.3 Å². The number of amides is 1. The van der Waals surface area contributed by atoms with E-state index in [1.165, 1.54) is 11.1 Å². The molecule has 0 saturated carbocycles. The maximum Gasteiger partial charge on any atom is 0.262 e. The molecule has 1 amide bonds. The Morgan fingerprint density at radius 3 is 2.53 bits per heavy atom. The van der Waals surface area contributed by atoms with Gasteiger partial charge in [-0.25, -0.2) is 5.48 Å². The summed E-state index contributed by atoms with van der Waals surface area (Å²) >= 11 is 0. The van der Waals surface area contributed by atoms with Crippen LogP contribution in [-0.2, 0) is 22.5 Å². The number of nitrogens with one attached hydrogen (secondary N) is 2. The van der Waals surface area contributed by atoms with Crippen molar-refractivity contribution in [3.05, 3.63) is 70.3 Å². The van der Waals surface area contributed by atoms with E-state index in [9.17, 15) is 4.79 Å². The number of nitrogens with zero attached hydrogens (tertiary/aromatic N) is 1. The number of rotatable bonds is 6. The molecule has 2 aromatic carbocycles. The van der Waals surface area contributed by atoms with Crippen LogP contribution >= 0.6 is 0 Å². The first-order valence-corrected chi connectivity index (χ1v) is 11.9. The van der Waals surface area contributed by atoms with Crippen LogP contribution in [0.3, 0.4) is 0 Å². The highest BCUT2D eigenvalue weighted by atomic mass is 16.5. The van der Waals surface area contributed by atoms with Gasteiger partial charge in [-0.1, -0.05) is 30.0 Å². The van der Waals surface area contributed by atoms with E-state index in [1.54, 1.807) is 19.3 Å². The van der Waals surface area contributed by atoms with Gasteiger partial charge in [-0.05, 0) is 67.6 Å². The number of benzene rings is 2. The summed E-state index contributed by atoms with van der Waals surface area (Å²) in [5.41, 5.74) is 12.7. The molecule has 1 fully saturated rings. The molecule has 4 rings (SSSR count). The van der Waals surface area contributed by atoms with Gasteiger partial charge >= 0.3 is 0 Å². The minimum atomic E-state index is -0.821. The third kappa shape index (κ3) is 6.03. The number of carbonyl (C=O) groups excluding carboxylic acids is 1. The quantitative estimate of drug-likeness (QED) is 0.298. The van der Waals surface area contributed by atoms with Crippen molar-refractivity contribution in [3.63, 3.8) is 0 Å². The zero-order valence-corrected chi connectivity index (χ0v) is 19.9. The van der Waals surface area contributed by atoms with Gasteiger partial charge < -0.3 is 10.5 Å². The Kier molecular flexibility index (Phi) is 7.67. The van der Waals surface area contributed by atoms with Crippen molar-refractivity contribution < 1.29 is 14.7 Å². The van der Waals surface area contributed by atoms with Crippen molar-refractivity contribution in [2.45, 2.75) is 50.9 Å². The highest BCUT2D eigenvalue weighted by Crippen LogP contribution is 2.32. The summed E-state index contributed by atoms with van der Waals surface area (Å²) in [6.07, 6.45) is 1.76. The Bertz CT molecular complexity index is 1060. The number of carbonyl (C=O) groups is 1. The SMILES string of the molecule is CC(C)(N)[C@H](N[C@H]1CCc2cc(C#Cc3ccc(CN4CCOCC4)cc3)ccc21)C(=O)NO. The lowest BCUT2D eigenvalue weighted by molar-refractivity contribution is -0.133. The average molecular weight is 463 g/mol. The molecule has 2 atom stereocenters. The molecule has 0 unspecified atom stereocenters. The normalized spacial score (nSPS) is 19.1. The Morgan fingerprint density at radius 2 is 1.85 bits per heavy atom. The molecule has 5 N–H and O–H groups in total. The van der Waals surface area contributed by atoms with Crippen LogP contribution in [0.4, 0.5) is 0 Å². The van der Waals surface area contributed by atoms with Gasteiger partial charge in [-0.15, -0.1) is 0 Å². The lowest BCUT2D eigenvalue weighted by atomic mass is 9.93. The number of fused-ring (bicyclic) bond motifs is 1. The second-order valence-electron chi connectivity index (χ2n) is 9.74. The van der Waals surface area contributed by atoms with Crippen LogP contribution in [0.1, 0.15) is 54.1 Å². The maximum absolute atomic E-state index is 12.1. The van der Waals surface area contributed by atoms with Crippen LogP contribution in [0.2, 0.25) is 0 Å². The van der Waals surface area contributed by atoms with Crippen molar-refractivity contribution in [2.24, 2.45) is 5.73 Å². The Labute approximate surface area is 201 Å². The zero-order valence-electron chi connectivity index (χ0n) is 19.9. The third-order valence-electron chi connectivity index (χ3n) is 6.52. The molecule has 0 radical (unpaired) electrons. The summed E-state index contributed by atoms with van der Waals surface area (Å²) < 4.78 is 5.41. The fourth-order valence-corrected chi connectivity index (χ4v) is 4.62. The molecule has 0 aromatic heterocycles. The lowest BCUT2D eigenvalue weighted by Crippen LogP contribution is -2.60. The number of aryl methyl sites for hydroxylation is 1. The highest BCUT2D eigenvalue weighted by Gasteiger charge is 2.35. The first-order valence-electron chi connectivity index (χ1n) is 11.9. The molecule has 7 nitrogen and oxygen atoms in total. The number of ether oxygens (including phenoxy) is 1. The molecular formula is C27H34N4O3. The van der Waals surface area contributed by atoms with E-state index >= 15 is 0 Å². The van der Waals surface area contributed by atoms with Crippen LogP contribution < -0.4 is 16.5 Å². The molecule has 0 spiro atoms. The van der Waals surface area contributed by atoms with Gasteiger partial charge in [0.25, 0.3) is 5.91 Å². The molecule has 2 aromatic rings. The fourth-order valence-electron chi connectivity index (χ4n) is 4.62. The Morgan fingerprint density at radius 1 is 1.18 bits per heavy atom. The summed E-state index contributed by atoms with van der Waals surface area (Å²) in [5, 5.41) is 12.4. The molecule has 1 heterocycles. The predicted octanol–water partition coefficient (Wildman–Crippen LogP) is 2.11. The minimum Gasteiger partial charge on any atom is -0.379 e. The largest absolute Gasteiger partial charge is 0.379 e. The number of hydrogen-bond acceptors (Lipinski definition) is 6. The molecule has 1 aliphatic heterocycles. The van der Waals surface area contributed by atoms with Gasteiger partial charge in [0, 0.05) is 42.3 Å². The van der Waals surface area contributed by atoms with E-state index in [0.717, 1.165) is 62.4 Å². The average Bonchev–Trinajstić information content (AvgIpc) is 3.23. The highest BCUT2D eigenvalue weighted by molar-refractivity contribution is 5.82. The number of nitrogens with two attached hydrogens (primary N) is 1. The molecule has 2 aliphatic rings. The van der Waals surface area contributed by atoms with Crippen LogP contribution in [0, 0.1) is 11.8 Å². The molecule has 0 bridgehead atoms. The summed E-state index contributed by atoms with van der Waals surface area (Å²) in [5.74, 6) is 6.03. The van der Waals surface area contributed by atoms with Gasteiger partial charge in [-0.3, -0.25) is 20.2 Å². The number of hydrogen-bond donors (Lipinski definition) is 4. The molecular weight excluding hydrogens is 428 g/mol. The van der Waals surface area contributed by atoms with Crippen molar-refractivity contribution in [1.29, 1.82) is 0 Å². The van der Waals surface area contributed by atoms with Crippen LogP contribution in [0.15, 0.2) is 42.5 Å². The van der Waals surface area contributed by atoms with E-state index in [1.807, 2.05) is 6.07 Å². The summed E-state index contributed by atoms with van der Waals surface area (Å²) in [6, 6.07) is 14.0. The smallest absolute Gasteiger partial charge is 0.262 e. The van der Waals surface area contributed by atoms with E-state index in [0.29, 0.717) is 0 Å². The summed E-state index contributed by atoms with van der Waals surface area (Å²) in [6.45, 7) is 8.06. The monoisotopic (exact) mass is 462 g/mol. The Balaban J connectivity index is 1.41. The molecule has 7 heteroatoms. The topological polar surface area (TPSA) is 99.9 Å². The van der Waals surface area contributed by atoms with Crippen LogP contribution in [0.25, 0.3) is 0 Å². The van der Waals surface area contributed by atoms with Crippen molar-refractivity contribution in [1.82, 2.24) is 15.7 Å². The second kappa shape index (κ2) is 10.7.